The molecule has 0 saturated heterocycles. The number of halogens is 1. The minimum absolute atomic E-state index is 0.132. The van der Waals surface area contributed by atoms with Crippen molar-refractivity contribution in [1.29, 1.82) is 0 Å². The summed E-state index contributed by atoms with van der Waals surface area (Å²) in [5.41, 5.74) is 3.65. The zero-order valence-electron chi connectivity index (χ0n) is 21.4. The van der Waals surface area contributed by atoms with Crippen LogP contribution >= 0.6 is 15.9 Å². The van der Waals surface area contributed by atoms with Gasteiger partial charge in [0, 0.05) is 24.5 Å². The first-order valence-electron chi connectivity index (χ1n) is 11.8. The van der Waals surface area contributed by atoms with E-state index in [0.717, 1.165) is 37.3 Å². The number of amides is 2. The molecule has 0 aliphatic heterocycles. The SMILES string of the molecule is CNC(=O)[C@@H](Cc1ccccc1)N(Cc1cccc(Br)c1)C(=O)CN(c1c(C)cccc1C)S(C)(=O)=O. The van der Waals surface area contributed by atoms with Gasteiger partial charge in [-0.15, -0.1) is 0 Å². The van der Waals surface area contributed by atoms with Crippen molar-refractivity contribution in [3.63, 3.8) is 0 Å². The predicted octanol–water partition coefficient (Wildman–Crippen LogP) is 4.22. The number of nitrogens with zero attached hydrogens (tertiary/aromatic N) is 2. The Hall–Kier alpha value is -3.17. The number of rotatable bonds is 10. The Kier molecular flexibility index (Phi) is 9.50. The van der Waals surface area contributed by atoms with E-state index in [1.54, 1.807) is 0 Å². The number of para-hydroxylation sites is 1. The number of nitrogens with one attached hydrogen (secondary N) is 1. The molecule has 0 saturated carbocycles. The molecule has 1 atom stereocenters. The van der Waals surface area contributed by atoms with Crippen LogP contribution in [0.3, 0.4) is 0 Å². The largest absolute Gasteiger partial charge is 0.357 e. The standard InChI is InChI=1S/C28H32BrN3O4S/c1-20-10-8-11-21(2)27(20)32(37(4,35)36)19-26(33)31(18-23-14-9-15-24(29)16-23)25(28(34)30-3)17-22-12-6-5-7-13-22/h5-16,25H,17-19H2,1-4H3,(H,30,34)/t25-/m1/s1. The molecule has 1 N–H and O–H groups in total. The van der Waals surface area contributed by atoms with Crippen LogP contribution in [-0.4, -0.2) is 51.0 Å². The van der Waals surface area contributed by atoms with E-state index in [4.69, 9.17) is 0 Å². The Bertz CT molecular complexity index is 1340. The predicted molar refractivity (Wildman–Crippen MR) is 151 cm³/mol. The molecule has 0 fully saturated rings. The second-order valence-electron chi connectivity index (χ2n) is 8.98. The smallest absolute Gasteiger partial charge is 0.244 e. The number of anilines is 1. The minimum Gasteiger partial charge on any atom is -0.357 e. The minimum atomic E-state index is -3.80. The van der Waals surface area contributed by atoms with E-state index < -0.39 is 28.5 Å². The van der Waals surface area contributed by atoms with E-state index in [1.807, 2.05) is 86.6 Å². The van der Waals surface area contributed by atoms with Gasteiger partial charge in [-0.05, 0) is 48.2 Å². The van der Waals surface area contributed by atoms with Crippen molar-refractivity contribution in [1.82, 2.24) is 10.2 Å². The van der Waals surface area contributed by atoms with Crippen molar-refractivity contribution < 1.29 is 18.0 Å². The number of sulfonamides is 1. The zero-order chi connectivity index (χ0) is 27.2. The van der Waals surface area contributed by atoms with Crippen LogP contribution in [-0.2, 0) is 32.6 Å². The van der Waals surface area contributed by atoms with Crippen LogP contribution in [0.4, 0.5) is 5.69 Å². The maximum absolute atomic E-state index is 14.0. The van der Waals surface area contributed by atoms with Gasteiger partial charge in [0.25, 0.3) is 0 Å². The van der Waals surface area contributed by atoms with Crippen LogP contribution < -0.4 is 9.62 Å². The van der Waals surface area contributed by atoms with E-state index in [9.17, 15) is 18.0 Å². The molecule has 0 aliphatic carbocycles. The Morgan fingerprint density at radius 3 is 2.08 bits per heavy atom. The number of benzene rings is 3. The molecule has 0 radical (unpaired) electrons. The second kappa shape index (κ2) is 12.4. The normalized spacial score (nSPS) is 12.0. The van der Waals surface area contributed by atoms with Gasteiger partial charge in [-0.2, -0.15) is 0 Å². The Morgan fingerprint density at radius 1 is 0.919 bits per heavy atom. The van der Waals surface area contributed by atoms with Crippen molar-refractivity contribution in [2.24, 2.45) is 0 Å². The topological polar surface area (TPSA) is 86.8 Å². The first-order valence-corrected chi connectivity index (χ1v) is 14.5. The van der Waals surface area contributed by atoms with E-state index in [2.05, 4.69) is 21.2 Å². The molecule has 3 aromatic rings. The average molecular weight is 587 g/mol. The molecule has 37 heavy (non-hydrogen) atoms. The van der Waals surface area contributed by atoms with E-state index in [0.29, 0.717) is 5.69 Å². The highest BCUT2D eigenvalue weighted by Gasteiger charge is 2.33. The van der Waals surface area contributed by atoms with Gasteiger partial charge in [-0.1, -0.05) is 76.6 Å². The van der Waals surface area contributed by atoms with Gasteiger partial charge in [0.05, 0.1) is 11.9 Å². The van der Waals surface area contributed by atoms with Crippen LogP contribution in [0.1, 0.15) is 22.3 Å². The van der Waals surface area contributed by atoms with Crippen LogP contribution in [0, 0.1) is 13.8 Å². The van der Waals surface area contributed by atoms with Gasteiger partial charge in [0.15, 0.2) is 0 Å². The van der Waals surface area contributed by atoms with Gasteiger partial charge in [0.1, 0.15) is 12.6 Å². The molecule has 0 spiro atoms. The first-order chi connectivity index (χ1) is 17.5. The zero-order valence-corrected chi connectivity index (χ0v) is 23.8. The van der Waals surface area contributed by atoms with Crippen molar-refractivity contribution in [2.75, 3.05) is 24.2 Å². The summed E-state index contributed by atoms with van der Waals surface area (Å²) in [6.07, 6.45) is 1.37. The third-order valence-electron chi connectivity index (χ3n) is 6.13. The van der Waals surface area contributed by atoms with Crippen molar-refractivity contribution >= 4 is 43.5 Å². The molecule has 0 aliphatic rings. The van der Waals surface area contributed by atoms with E-state index in [-0.39, 0.29) is 18.9 Å². The lowest BCUT2D eigenvalue weighted by atomic mass is 10.0. The van der Waals surface area contributed by atoms with Crippen LogP contribution in [0.25, 0.3) is 0 Å². The summed E-state index contributed by atoms with van der Waals surface area (Å²) in [5, 5.41) is 2.68. The third-order valence-corrected chi connectivity index (χ3v) is 7.73. The van der Waals surface area contributed by atoms with Crippen LogP contribution in [0.2, 0.25) is 0 Å². The number of hydrogen-bond acceptors (Lipinski definition) is 4. The van der Waals surface area contributed by atoms with E-state index >= 15 is 0 Å². The molecule has 3 rings (SSSR count). The fourth-order valence-corrected chi connectivity index (χ4v) is 5.74. The number of likely N-dealkylation sites (N-methyl/N-ethyl adjacent to an activating group) is 1. The molecule has 9 heteroatoms. The van der Waals surface area contributed by atoms with Crippen molar-refractivity contribution in [3.8, 4) is 0 Å². The Labute approximate surface area is 227 Å². The van der Waals surface area contributed by atoms with Crippen molar-refractivity contribution in [3.05, 3.63) is 99.5 Å². The maximum Gasteiger partial charge on any atom is 0.244 e. The summed E-state index contributed by atoms with van der Waals surface area (Å²) in [6.45, 7) is 3.33. The van der Waals surface area contributed by atoms with Gasteiger partial charge in [-0.25, -0.2) is 8.42 Å². The van der Waals surface area contributed by atoms with Crippen molar-refractivity contribution in [2.45, 2.75) is 32.9 Å². The summed E-state index contributed by atoms with van der Waals surface area (Å²) >= 11 is 3.47. The second-order valence-corrected chi connectivity index (χ2v) is 11.8. The number of carbonyl (C=O) groups is 2. The molecular weight excluding hydrogens is 554 g/mol. The van der Waals surface area contributed by atoms with Crippen LogP contribution in [0.15, 0.2) is 77.3 Å². The van der Waals surface area contributed by atoms with Crippen LogP contribution in [0.5, 0.6) is 0 Å². The summed E-state index contributed by atoms with van der Waals surface area (Å²) in [4.78, 5) is 28.6. The fourth-order valence-electron chi connectivity index (χ4n) is 4.33. The molecule has 7 nitrogen and oxygen atoms in total. The molecule has 0 bridgehead atoms. The number of carbonyl (C=O) groups excluding carboxylic acids is 2. The fraction of sp³-hybridized carbons (Fsp3) is 0.286. The summed E-state index contributed by atoms with van der Waals surface area (Å²) < 4.78 is 27.8. The molecule has 196 valence electrons. The van der Waals surface area contributed by atoms with Gasteiger partial charge in [-0.3, -0.25) is 13.9 Å². The molecule has 3 aromatic carbocycles. The highest BCUT2D eigenvalue weighted by atomic mass is 79.9. The highest BCUT2D eigenvalue weighted by Crippen LogP contribution is 2.27. The number of hydrogen-bond donors (Lipinski definition) is 1. The lowest BCUT2D eigenvalue weighted by molar-refractivity contribution is -0.139. The monoisotopic (exact) mass is 585 g/mol. The Balaban J connectivity index is 2.07. The van der Waals surface area contributed by atoms with E-state index in [1.165, 1.54) is 11.9 Å². The highest BCUT2D eigenvalue weighted by molar-refractivity contribution is 9.10. The van der Waals surface area contributed by atoms with Gasteiger partial charge < -0.3 is 10.2 Å². The molecule has 0 heterocycles. The third kappa shape index (κ3) is 7.42. The number of aryl methyl sites for hydroxylation is 2. The Morgan fingerprint density at radius 2 is 1.51 bits per heavy atom. The lowest BCUT2D eigenvalue weighted by Crippen LogP contribution is -2.53. The maximum atomic E-state index is 14.0. The average Bonchev–Trinajstić information content (AvgIpc) is 2.85. The summed E-state index contributed by atoms with van der Waals surface area (Å²) in [6, 6.07) is 21.5. The molecular formula is C28H32BrN3O4S. The summed E-state index contributed by atoms with van der Waals surface area (Å²) in [5.74, 6) is -0.803. The lowest BCUT2D eigenvalue weighted by Gasteiger charge is -2.34. The molecule has 2 amide bonds. The van der Waals surface area contributed by atoms with Gasteiger partial charge >= 0.3 is 0 Å². The van der Waals surface area contributed by atoms with Gasteiger partial charge in [0.2, 0.25) is 21.8 Å². The molecule has 0 unspecified atom stereocenters. The summed E-state index contributed by atoms with van der Waals surface area (Å²) in [7, 11) is -2.27. The first kappa shape index (κ1) is 28.4. The molecule has 0 aromatic heterocycles. The quantitative estimate of drug-likeness (QED) is 0.386.